The minimum Gasteiger partial charge on any atom is -0.399 e. The number of aliphatic hydroxyl groups excluding tert-OH is 1. The second-order valence-electron chi connectivity index (χ2n) is 4.67. The number of carbonyl (C=O) groups is 1. The number of nitrogens with zero attached hydrogens (tertiary/aromatic N) is 1. The van der Waals surface area contributed by atoms with Crippen molar-refractivity contribution >= 4 is 17.3 Å². The van der Waals surface area contributed by atoms with Crippen molar-refractivity contribution in [1.29, 1.82) is 0 Å². The van der Waals surface area contributed by atoms with Gasteiger partial charge in [0.05, 0.1) is 19.7 Å². The van der Waals surface area contributed by atoms with Crippen LogP contribution in [0.2, 0.25) is 0 Å². The molecule has 0 aromatic heterocycles. The molecule has 1 aromatic rings. The summed E-state index contributed by atoms with van der Waals surface area (Å²) in [5.41, 5.74) is 7.24. The predicted octanol–water partition coefficient (Wildman–Crippen LogP) is 1.37. The van der Waals surface area contributed by atoms with Crippen LogP contribution in [0, 0.1) is 6.92 Å². The first-order chi connectivity index (χ1) is 9.71. The Hall–Kier alpha value is -1.80. The van der Waals surface area contributed by atoms with Gasteiger partial charge in [0.25, 0.3) is 0 Å². The molecule has 5 nitrogen and oxygen atoms in total. The van der Waals surface area contributed by atoms with E-state index >= 15 is 0 Å². The molecule has 0 unspecified atom stereocenters. The third kappa shape index (κ3) is 6.46. The first-order valence-electron chi connectivity index (χ1n) is 6.27. The fourth-order valence-corrected chi connectivity index (χ4v) is 1.78. The van der Waals surface area contributed by atoms with Crippen LogP contribution in [0.4, 0.5) is 24.5 Å². The highest BCUT2D eigenvalue weighted by atomic mass is 19.4. The van der Waals surface area contributed by atoms with Gasteiger partial charge in [-0.25, -0.2) is 0 Å². The fraction of sp³-hybridized carbons (Fsp3) is 0.462. The number of alkyl halides is 3. The van der Waals surface area contributed by atoms with E-state index in [1.54, 1.807) is 19.1 Å². The molecule has 0 radical (unpaired) electrons. The smallest absolute Gasteiger partial charge is 0.399 e. The van der Waals surface area contributed by atoms with Gasteiger partial charge in [-0.3, -0.25) is 9.69 Å². The molecule has 8 heteroatoms. The van der Waals surface area contributed by atoms with E-state index in [-0.39, 0.29) is 6.54 Å². The van der Waals surface area contributed by atoms with E-state index in [2.05, 4.69) is 5.32 Å². The van der Waals surface area contributed by atoms with Gasteiger partial charge in [-0.2, -0.15) is 13.2 Å². The summed E-state index contributed by atoms with van der Waals surface area (Å²) < 4.78 is 37.1. The van der Waals surface area contributed by atoms with Crippen molar-refractivity contribution in [1.82, 2.24) is 4.90 Å². The molecule has 1 rings (SSSR count). The average Bonchev–Trinajstić information content (AvgIpc) is 2.32. The number of nitrogens with two attached hydrogens (primary N) is 1. The lowest BCUT2D eigenvalue weighted by atomic mass is 10.2. The summed E-state index contributed by atoms with van der Waals surface area (Å²) in [7, 11) is 0. The highest BCUT2D eigenvalue weighted by molar-refractivity contribution is 5.93. The van der Waals surface area contributed by atoms with E-state index in [0.29, 0.717) is 11.4 Å². The number of anilines is 2. The summed E-state index contributed by atoms with van der Waals surface area (Å²) >= 11 is 0. The van der Waals surface area contributed by atoms with Gasteiger partial charge in [-0.05, 0) is 24.6 Å². The van der Waals surface area contributed by atoms with Gasteiger partial charge < -0.3 is 16.2 Å². The number of nitrogens with one attached hydrogen (secondary N) is 1. The van der Waals surface area contributed by atoms with Crippen LogP contribution < -0.4 is 11.1 Å². The molecule has 0 saturated carbocycles. The van der Waals surface area contributed by atoms with Crippen LogP contribution in [0.15, 0.2) is 18.2 Å². The molecule has 0 atom stereocenters. The number of benzene rings is 1. The summed E-state index contributed by atoms with van der Waals surface area (Å²) in [6, 6.07) is 4.90. The van der Waals surface area contributed by atoms with Gasteiger partial charge in [0.1, 0.15) is 0 Å². The number of aryl methyl sites for hydroxylation is 1. The Morgan fingerprint density at radius 3 is 2.67 bits per heavy atom. The molecular weight excluding hydrogens is 287 g/mol. The maximum absolute atomic E-state index is 12.4. The first kappa shape index (κ1) is 17.3. The summed E-state index contributed by atoms with van der Waals surface area (Å²) in [4.78, 5) is 12.6. The monoisotopic (exact) mass is 305 g/mol. The lowest BCUT2D eigenvalue weighted by Gasteiger charge is -2.22. The van der Waals surface area contributed by atoms with Gasteiger partial charge in [0.2, 0.25) is 5.91 Å². The first-order valence-corrected chi connectivity index (χ1v) is 6.27. The molecule has 0 aliphatic carbocycles. The highest BCUT2D eigenvalue weighted by Crippen LogP contribution is 2.19. The predicted molar refractivity (Wildman–Crippen MR) is 73.8 cm³/mol. The zero-order valence-corrected chi connectivity index (χ0v) is 11.6. The third-order valence-corrected chi connectivity index (χ3v) is 2.72. The van der Waals surface area contributed by atoms with Crippen molar-refractivity contribution in [2.75, 3.05) is 37.3 Å². The molecule has 4 N–H and O–H groups in total. The summed E-state index contributed by atoms with van der Waals surface area (Å²) in [6.07, 6.45) is -4.43. The molecule has 21 heavy (non-hydrogen) atoms. The second kappa shape index (κ2) is 7.28. The number of hydrogen-bond donors (Lipinski definition) is 3. The van der Waals surface area contributed by atoms with Gasteiger partial charge in [0.15, 0.2) is 0 Å². The van der Waals surface area contributed by atoms with E-state index in [1.165, 1.54) is 6.07 Å². The molecule has 0 heterocycles. The number of nitrogen functional groups attached to an aromatic ring is 1. The van der Waals surface area contributed by atoms with Crippen molar-refractivity contribution < 1.29 is 23.1 Å². The van der Waals surface area contributed by atoms with E-state index < -0.39 is 31.8 Å². The van der Waals surface area contributed by atoms with E-state index in [9.17, 15) is 18.0 Å². The largest absolute Gasteiger partial charge is 0.401 e. The molecular formula is C13H18F3N3O2. The molecule has 0 bridgehead atoms. The van der Waals surface area contributed by atoms with Crippen molar-refractivity contribution in [2.45, 2.75) is 13.1 Å². The van der Waals surface area contributed by atoms with Crippen LogP contribution >= 0.6 is 0 Å². The normalized spacial score (nSPS) is 11.7. The molecule has 0 spiro atoms. The SMILES string of the molecule is Cc1ccc(N)cc1NC(=O)CN(CCO)CC(F)(F)F. The molecule has 0 aliphatic rings. The van der Waals surface area contributed by atoms with Crippen LogP contribution in [-0.2, 0) is 4.79 Å². The number of aliphatic hydroxyl groups is 1. The quantitative estimate of drug-likeness (QED) is 0.694. The number of carbonyl (C=O) groups excluding carboxylic acids is 1. The Morgan fingerprint density at radius 1 is 1.43 bits per heavy atom. The van der Waals surface area contributed by atoms with Crippen molar-refractivity contribution in [3.05, 3.63) is 23.8 Å². The molecule has 1 amide bonds. The second-order valence-corrected chi connectivity index (χ2v) is 4.67. The Labute approximate surface area is 120 Å². The van der Waals surface area contributed by atoms with Crippen LogP contribution in [-0.4, -0.2) is 48.3 Å². The standard InChI is InChI=1S/C13H18F3N3O2/c1-9-2-3-10(17)6-11(9)18-12(21)7-19(4-5-20)8-13(14,15)16/h2-3,6,20H,4-5,7-8,17H2,1H3,(H,18,21). The van der Waals surface area contributed by atoms with E-state index in [4.69, 9.17) is 10.8 Å². The van der Waals surface area contributed by atoms with Crippen LogP contribution in [0.1, 0.15) is 5.56 Å². The van der Waals surface area contributed by atoms with Crippen molar-refractivity contribution in [2.24, 2.45) is 0 Å². The Balaban J connectivity index is 2.67. The Kier molecular flexibility index (Phi) is 5.98. The van der Waals surface area contributed by atoms with Crippen molar-refractivity contribution in [3.8, 4) is 0 Å². The minimum atomic E-state index is -4.43. The maximum Gasteiger partial charge on any atom is 0.401 e. The molecule has 0 aliphatic heterocycles. The lowest BCUT2D eigenvalue weighted by Crippen LogP contribution is -2.41. The number of rotatable bonds is 6. The van der Waals surface area contributed by atoms with E-state index in [1.807, 2.05) is 0 Å². The lowest BCUT2D eigenvalue weighted by molar-refractivity contribution is -0.148. The van der Waals surface area contributed by atoms with Crippen LogP contribution in [0.25, 0.3) is 0 Å². The summed E-state index contributed by atoms with van der Waals surface area (Å²) in [5.74, 6) is -0.596. The van der Waals surface area contributed by atoms with Gasteiger partial charge in [-0.1, -0.05) is 6.07 Å². The zero-order valence-electron chi connectivity index (χ0n) is 11.6. The number of amides is 1. The van der Waals surface area contributed by atoms with Gasteiger partial charge >= 0.3 is 6.18 Å². The zero-order chi connectivity index (χ0) is 16.0. The third-order valence-electron chi connectivity index (χ3n) is 2.72. The maximum atomic E-state index is 12.4. The molecule has 0 saturated heterocycles. The number of halogens is 3. The Morgan fingerprint density at radius 2 is 2.10 bits per heavy atom. The minimum absolute atomic E-state index is 0.233. The van der Waals surface area contributed by atoms with E-state index in [0.717, 1.165) is 10.5 Å². The topological polar surface area (TPSA) is 78.6 Å². The summed E-state index contributed by atoms with van der Waals surface area (Å²) in [5, 5.41) is 11.3. The van der Waals surface area contributed by atoms with Crippen molar-refractivity contribution in [3.63, 3.8) is 0 Å². The molecule has 0 fully saturated rings. The number of hydrogen-bond acceptors (Lipinski definition) is 4. The fourth-order valence-electron chi connectivity index (χ4n) is 1.78. The Bertz CT molecular complexity index is 492. The molecule has 1 aromatic carbocycles. The van der Waals surface area contributed by atoms with Crippen LogP contribution in [0.3, 0.4) is 0 Å². The molecule has 118 valence electrons. The van der Waals surface area contributed by atoms with Crippen LogP contribution in [0.5, 0.6) is 0 Å². The summed E-state index contributed by atoms with van der Waals surface area (Å²) in [6.45, 7) is -0.662. The van der Waals surface area contributed by atoms with Gasteiger partial charge in [0, 0.05) is 17.9 Å². The van der Waals surface area contributed by atoms with Gasteiger partial charge in [-0.15, -0.1) is 0 Å². The highest BCUT2D eigenvalue weighted by Gasteiger charge is 2.31. The average molecular weight is 305 g/mol.